The van der Waals surface area contributed by atoms with Gasteiger partial charge in [-0.3, -0.25) is 14.9 Å². The zero-order valence-electron chi connectivity index (χ0n) is 12.0. The van der Waals surface area contributed by atoms with Gasteiger partial charge < -0.3 is 15.0 Å². The standard InChI is InChI=1S/C14H17N3O4S/c18-13(15-14(22)16-8-2-1-3-9-16)10-21-12-6-4-11(5-7-12)17(19)20/h4-7H,1-3,8-10H2,(H,15,18,22). The molecule has 1 heterocycles. The molecule has 118 valence electrons. The smallest absolute Gasteiger partial charge is 0.269 e. The summed E-state index contributed by atoms with van der Waals surface area (Å²) >= 11 is 5.19. The summed E-state index contributed by atoms with van der Waals surface area (Å²) in [5.74, 6) is 0.0542. The Kier molecular flexibility index (Phi) is 5.65. The fourth-order valence-corrected chi connectivity index (χ4v) is 2.44. The second-order valence-electron chi connectivity index (χ2n) is 4.94. The van der Waals surface area contributed by atoms with Gasteiger partial charge in [-0.2, -0.15) is 0 Å². The minimum absolute atomic E-state index is 0.0249. The normalized spacial score (nSPS) is 14.3. The van der Waals surface area contributed by atoms with Gasteiger partial charge in [0.1, 0.15) is 5.75 Å². The van der Waals surface area contributed by atoms with E-state index in [0.717, 1.165) is 25.9 Å². The van der Waals surface area contributed by atoms with Crippen molar-refractivity contribution in [2.45, 2.75) is 19.3 Å². The molecule has 0 bridgehead atoms. The van der Waals surface area contributed by atoms with Crippen molar-refractivity contribution in [3.8, 4) is 5.75 Å². The van der Waals surface area contributed by atoms with Gasteiger partial charge in [-0.15, -0.1) is 0 Å². The summed E-state index contributed by atoms with van der Waals surface area (Å²) in [7, 11) is 0. The first kappa shape index (κ1) is 16.2. The molecule has 1 amide bonds. The summed E-state index contributed by atoms with van der Waals surface area (Å²) < 4.78 is 5.28. The highest BCUT2D eigenvalue weighted by atomic mass is 32.1. The molecule has 1 aromatic rings. The third-order valence-electron chi connectivity index (χ3n) is 3.31. The van der Waals surface area contributed by atoms with Crippen molar-refractivity contribution in [1.29, 1.82) is 0 Å². The van der Waals surface area contributed by atoms with Gasteiger partial charge in [0, 0.05) is 25.2 Å². The third kappa shape index (κ3) is 4.66. The molecule has 1 N–H and O–H groups in total. The van der Waals surface area contributed by atoms with Crippen molar-refractivity contribution in [2.75, 3.05) is 19.7 Å². The van der Waals surface area contributed by atoms with Gasteiger partial charge in [-0.1, -0.05) is 0 Å². The lowest BCUT2D eigenvalue weighted by Gasteiger charge is -2.28. The van der Waals surface area contributed by atoms with Gasteiger partial charge in [0.25, 0.3) is 11.6 Å². The number of likely N-dealkylation sites (tertiary alicyclic amines) is 1. The molecule has 1 saturated heterocycles. The minimum atomic E-state index is -0.493. The largest absolute Gasteiger partial charge is 0.484 e. The lowest BCUT2D eigenvalue weighted by Crippen LogP contribution is -2.46. The summed E-state index contributed by atoms with van der Waals surface area (Å²) in [5.41, 5.74) is -0.0249. The van der Waals surface area contributed by atoms with Gasteiger partial charge in [0.15, 0.2) is 11.7 Å². The first-order valence-corrected chi connectivity index (χ1v) is 7.43. The highest BCUT2D eigenvalue weighted by molar-refractivity contribution is 7.80. The number of nitrogens with one attached hydrogen (secondary N) is 1. The Morgan fingerprint density at radius 2 is 1.91 bits per heavy atom. The molecule has 1 aliphatic heterocycles. The van der Waals surface area contributed by atoms with E-state index in [2.05, 4.69) is 5.32 Å². The maximum atomic E-state index is 11.8. The SMILES string of the molecule is O=C(COc1ccc([N+](=O)[O-])cc1)NC(=S)N1CCCCC1. The van der Waals surface area contributed by atoms with Gasteiger partial charge >= 0.3 is 0 Å². The molecule has 0 radical (unpaired) electrons. The molecule has 1 aromatic carbocycles. The van der Waals surface area contributed by atoms with Crippen LogP contribution < -0.4 is 10.1 Å². The minimum Gasteiger partial charge on any atom is -0.484 e. The molecule has 7 nitrogen and oxygen atoms in total. The monoisotopic (exact) mass is 323 g/mol. The zero-order valence-corrected chi connectivity index (χ0v) is 12.8. The summed E-state index contributed by atoms with van der Waals surface area (Å²) in [4.78, 5) is 23.8. The Bertz CT molecular complexity index is 556. The van der Waals surface area contributed by atoms with Crippen LogP contribution in [0.5, 0.6) is 5.75 Å². The molecule has 8 heteroatoms. The van der Waals surface area contributed by atoms with Crippen LogP contribution in [0.2, 0.25) is 0 Å². The quantitative estimate of drug-likeness (QED) is 0.517. The fraction of sp³-hybridized carbons (Fsp3) is 0.429. The van der Waals surface area contributed by atoms with Crippen LogP contribution in [0.1, 0.15) is 19.3 Å². The van der Waals surface area contributed by atoms with Crippen molar-refractivity contribution in [2.24, 2.45) is 0 Å². The van der Waals surface area contributed by atoms with Crippen molar-refractivity contribution >= 4 is 28.9 Å². The first-order valence-electron chi connectivity index (χ1n) is 7.02. The van der Waals surface area contributed by atoms with Crippen molar-refractivity contribution in [1.82, 2.24) is 10.2 Å². The lowest BCUT2D eigenvalue weighted by atomic mass is 10.1. The van der Waals surface area contributed by atoms with E-state index in [1.165, 1.54) is 30.7 Å². The Balaban J connectivity index is 1.77. The average Bonchev–Trinajstić information content (AvgIpc) is 2.54. The topological polar surface area (TPSA) is 84.7 Å². The molecule has 2 rings (SSSR count). The average molecular weight is 323 g/mol. The number of piperidine rings is 1. The maximum Gasteiger partial charge on any atom is 0.269 e. The van der Waals surface area contributed by atoms with Crippen molar-refractivity contribution in [3.05, 3.63) is 34.4 Å². The predicted molar refractivity (Wildman–Crippen MR) is 84.8 cm³/mol. The van der Waals surface area contributed by atoms with E-state index in [4.69, 9.17) is 17.0 Å². The van der Waals surface area contributed by atoms with E-state index in [1.807, 2.05) is 4.90 Å². The van der Waals surface area contributed by atoms with Crippen LogP contribution in [0.4, 0.5) is 5.69 Å². The molecule has 0 spiro atoms. The first-order chi connectivity index (χ1) is 10.6. The van der Waals surface area contributed by atoms with E-state index >= 15 is 0 Å². The van der Waals surface area contributed by atoms with E-state index in [9.17, 15) is 14.9 Å². The Morgan fingerprint density at radius 1 is 1.27 bits per heavy atom. The number of non-ortho nitro benzene ring substituents is 1. The number of amides is 1. The second kappa shape index (κ2) is 7.69. The fourth-order valence-electron chi connectivity index (χ4n) is 2.14. The summed E-state index contributed by atoms with van der Waals surface area (Å²) in [6, 6.07) is 5.56. The number of hydrogen-bond acceptors (Lipinski definition) is 5. The number of thiocarbonyl (C=S) groups is 1. The third-order valence-corrected chi connectivity index (χ3v) is 3.67. The summed E-state index contributed by atoms with van der Waals surface area (Å²) in [5, 5.41) is 13.6. The van der Waals surface area contributed by atoms with Crippen LogP contribution in [0.25, 0.3) is 0 Å². The summed E-state index contributed by atoms with van der Waals surface area (Å²) in [6.45, 7) is 1.54. The number of carbonyl (C=O) groups excluding carboxylic acids is 1. The van der Waals surface area contributed by atoms with E-state index in [-0.39, 0.29) is 18.2 Å². The number of hydrogen-bond donors (Lipinski definition) is 1. The lowest BCUT2D eigenvalue weighted by molar-refractivity contribution is -0.384. The highest BCUT2D eigenvalue weighted by Crippen LogP contribution is 2.17. The van der Waals surface area contributed by atoms with Crippen LogP contribution in [-0.4, -0.2) is 40.5 Å². The molecule has 0 saturated carbocycles. The number of nitrogens with zero attached hydrogens (tertiary/aromatic N) is 2. The van der Waals surface area contributed by atoms with Crippen LogP contribution in [-0.2, 0) is 4.79 Å². The molecule has 0 aliphatic carbocycles. The molecule has 1 fully saturated rings. The number of nitro benzene ring substituents is 1. The predicted octanol–water partition coefficient (Wildman–Crippen LogP) is 1.86. The maximum absolute atomic E-state index is 11.8. The Hall–Kier alpha value is -2.22. The Morgan fingerprint density at radius 3 is 2.50 bits per heavy atom. The molecule has 0 aromatic heterocycles. The molecule has 22 heavy (non-hydrogen) atoms. The van der Waals surface area contributed by atoms with Crippen molar-refractivity contribution in [3.63, 3.8) is 0 Å². The molecule has 0 atom stereocenters. The van der Waals surface area contributed by atoms with E-state index in [1.54, 1.807) is 0 Å². The van der Waals surface area contributed by atoms with Crippen LogP contribution in [0, 0.1) is 10.1 Å². The van der Waals surface area contributed by atoms with Gasteiger partial charge in [-0.05, 0) is 43.6 Å². The van der Waals surface area contributed by atoms with Crippen molar-refractivity contribution < 1.29 is 14.5 Å². The number of rotatable bonds is 4. The number of nitro groups is 1. The van der Waals surface area contributed by atoms with E-state index < -0.39 is 4.92 Å². The van der Waals surface area contributed by atoms with Crippen LogP contribution in [0.15, 0.2) is 24.3 Å². The summed E-state index contributed by atoms with van der Waals surface area (Å²) in [6.07, 6.45) is 3.35. The van der Waals surface area contributed by atoms with Gasteiger partial charge in [0.05, 0.1) is 4.92 Å². The van der Waals surface area contributed by atoms with Gasteiger partial charge in [-0.25, -0.2) is 0 Å². The van der Waals surface area contributed by atoms with Crippen LogP contribution in [0.3, 0.4) is 0 Å². The number of carbonyl (C=O) groups is 1. The number of benzene rings is 1. The zero-order chi connectivity index (χ0) is 15.9. The van der Waals surface area contributed by atoms with E-state index in [0.29, 0.717) is 10.9 Å². The number of ether oxygens (including phenoxy) is 1. The molecule has 1 aliphatic rings. The molecule has 0 unspecified atom stereocenters. The Labute approximate surface area is 133 Å². The highest BCUT2D eigenvalue weighted by Gasteiger charge is 2.15. The second-order valence-corrected chi connectivity index (χ2v) is 5.33. The molecular formula is C14H17N3O4S. The van der Waals surface area contributed by atoms with Crippen LogP contribution >= 0.6 is 12.2 Å². The van der Waals surface area contributed by atoms with Gasteiger partial charge in [0.2, 0.25) is 0 Å². The molecular weight excluding hydrogens is 306 g/mol.